The third-order valence-corrected chi connectivity index (χ3v) is 9.09. The second-order valence-electron chi connectivity index (χ2n) is 10.3. The van der Waals surface area contributed by atoms with Crippen molar-refractivity contribution in [3.05, 3.63) is 89.2 Å². The number of anilines is 2. The normalized spacial score (nSPS) is 14.4. The zero-order valence-corrected chi connectivity index (χ0v) is 24.4. The van der Waals surface area contributed by atoms with Crippen molar-refractivity contribution in [3.8, 4) is 22.9 Å². The minimum absolute atomic E-state index is 0.0309. The van der Waals surface area contributed by atoms with Crippen molar-refractivity contribution in [2.75, 3.05) is 28.9 Å². The van der Waals surface area contributed by atoms with Gasteiger partial charge in [0.2, 0.25) is 15.8 Å². The number of aromatic nitrogens is 3. The van der Waals surface area contributed by atoms with Crippen LogP contribution in [0, 0.1) is 18.6 Å². The fourth-order valence-corrected chi connectivity index (χ4v) is 6.75. The van der Waals surface area contributed by atoms with Gasteiger partial charge in [-0.25, -0.2) is 30.7 Å². The maximum Gasteiger partial charge on any atom is 0.272 e. The number of aryl methyl sites for hydroxylation is 1. The van der Waals surface area contributed by atoms with E-state index in [0.29, 0.717) is 22.9 Å². The summed E-state index contributed by atoms with van der Waals surface area (Å²) in [5.41, 5.74) is 6.93. The Morgan fingerprint density at radius 3 is 2.56 bits per heavy atom. The molecule has 6 rings (SSSR count). The van der Waals surface area contributed by atoms with E-state index in [2.05, 4.69) is 10.1 Å². The quantitative estimate of drug-likeness (QED) is 0.155. The Kier molecular flexibility index (Phi) is 7.64. The molecule has 5 aromatic rings. The number of alkyl halides is 2. The standard InChI is InChI=1S/C30H25F4N5O5S/c1-16-9-18(44-25-6-3-2-5-20(25)31)12-21(32)28(16)39-30(35)19(14-36-39)29(40)23-10-17-11-26(43-15-27(33)34)24(13-22(17)37-23)38-7-4-8-45(38,41)42/h2-3,5-6,9-14,27,37H,4,7-8,15,35H2,1H3. The third-order valence-electron chi connectivity index (χ3n) is 7.23. The summed E-state index contributed by atoms with van der Waals surface area (Å²) in [7, 11) is -3.68. The first-order valence-corrected chi connectivity index (χ1v) is 15.2. The molecule has 3 aromatic carbocycles. The summed E-state index contributed by atoms with van der Waals surface area (Å²) in [4.78, 5) is 16.5. The summed E-state index contributed by atoms with van der Waals surface area (Å²) in [6.45, 7) is 0.761. The molecule has 15 heteroatoms. The molecule has 1 fully saturated rings. The summed E-state index contributed by atoms with van der Waals surface area (Å²) in [6.07, 6.45) is -1.27. The highest BCUT2D eigenvalue weighted by Crippen LogP contribution is 2.38. The van der Waals surface area contributed by atoms with Crippen LogP contribution in [0.5, 0.6) is 17.2 Å². The number of halogens is 4. The molecule has 234 valence electrons. The molecule has 0 saturated carbocycles. The zero-order chi connectivity index (χ0) is 32.0. The first-order chi connectivity index (χ1) is 21.4. The lowest BCUT2D eigenvalue weighted by molar-refractivity contribution is 0.0822. The van der Waals surface area contributed by atoms with Gasteiger partial charge in [-0.2, -0.15) is 5.10 Å². The number of benzene rings is 3. The van der Waals surface area contributed by atoms with Crippen LogP contribution >= 0.6 is 0 Å². The van der Waals surface area contributed by atoms with Crippen LogP contribution in [0.1, 0.15) is 28.0 Å². The van der Waals surface area contributed by atoms with Crippen LogP contribution < -0.4 is 19.5 Å². The Morgan fingerprint density at radius 2 is 1.87 bits per heavy atom. The molecule has 0 radical (unpaired) electrons. The van der Waals surface area contributed by atoms with Gasteiger partial charge in [0.05, 0.1) is 28.9 Å². The molecular formula is C30H25F4N5O5S. The van der Waals surface area contributed by atoms with Crippen LogP contribution in [-0.2, 0) is 10.0 Å². The molecule has 10 nitrogen and oxygen atoms in total. The SMILES string of the molecule is Cc1cc(Oc2ccccc2F)cc(F)c1-n1ncc(C(=O)c2cc3cc(OCC(F)F)c(N4CCCS4(=O)=O)cc3[nH]2)c1N. The smallest absolute Gasteiger partial charge is 0.272 e. The maximum absolute atomic E-state index is 15.3. The third kappa shape index (κ3) is 5.66. The van der Waals surface area contributed by atoms with Gasteiger partial charge in [-0.3, -0.25) is 9.10 Å². The number of hydrogen-bond donors (Lipinski definition) is 2. The van der Waals surface area contributed by atoms with Gasteiger partial charge < -0.3 is 20.2 Å². The molecule has 0 aliphatic carbocycles. The highest BCUT2D eigenvalue weighted by atomic mass is 32.2. The number of para-hydroxylation sites is 1. The lowest BCUT2D eigenvalue weighted by Gasteiger charge is -2.20. The first kappa shape index (κ1) is 30.0. The highest BCUT2D eigenvalue weighted by Gasteiger charge is 2.32. The number of hydrogen-bond acceptors (Lipinski definition) is 7. The van der Waals surface area contributed by atoms with Crippen molar-refractivity contribution < 1.29 is 40.2 Å². The monoisotopic (exact) mass is 643 g/mol. The van der Waals surface area contributed by atoms with Crippen molar-refractivity contribution in [3.63, 3.8) is 0 Å². The average Bonchev–Trinajstić information content (AvgIpc) is 3.67. The molecule has 1 aliphatic heterocycles. The van der Waals surface area contributed by atoms with Crippen LogP contribution in [0.3, 0.4) is 0 Å². The summed E-state index contributed by atoms with van der Waals surface area (Å²) < 4.78 is 93.4. The Balaban J connectivity index is 1.32. The van der Waals surface area contributed by atoms with Gasteiger partial charge in [-0.15, -0.1) is 0 Å². The molecule has 0 bridgehead atoms. The Labute approximate surface area is 254 Å². The van der Waals surface area contributed by atoms with Gasteiger partial charge in [0.25, 0.3) is 6.43 Å². The lowest BCUT2D eigenvalue weighted by atomic mass is 10.1. The molecule has 1 saturated heterocycles. The number of nitrogen functional groups attached to an aromatic ring is 1. The largest absolute Gasteiger partial charge is 0.485 e. The number of rotatable bonds is 9. The molecule has 1 aliphatic rings. The van der Waals surface area contributed by atoms with Crippen molar-refractivity contribution >= 4 is 38.2 Å². The van der Waals surface area contributed by atoms with Crippen molar-refractivity contribution in [2.24, 2.45) is 0 Å². The molecular weight excluding hydrogens is 618 g/mol. The summed E-state index contributed by atoms with van der Waals surface area (Å²) in [6, 6.07) is 12.4. The molecule has 2 aromatic heterocycles. The molecule has 3 heterocycles. The van der Waals surface area contributed by atoms with Crippen LogP contribution in [0.15, 0.2) is 60.8 Å². The van der Waals surface area contributed by atoms with Gasteiger partial charge in [0.15, 0.2) is 17.4 Å². The summed E-state index contributed by atoms with van der Waals surface area (Å²) >= 11 is 0. The first-order valence-electron chi connectivity index (χ1n) is 13.6. The fraction of sp³-hybridized carbons (Fsp3) is 0.200. The average molecular weight is 644 g/mol. The molecule has 0 amide bonds. The van der Waals surface area contributed by atoms with E-state index in [1.165, 1.54) is 48.7 Å². The van der Waals surface area contributed by atoms with Crippen LogP contribution in [0.4, 0.5) is 29.1 Å². The van der Waals surface area contributed by atoms with E-state index in [0.717, 1.165) is 15.1 Å². The number of ether oxygens (including phenoxy) is 2. The number of nitrogens with one attached hydrogen (secondary N) is 1. The minimum atomic E-state index is -3.68. The number of carbonyl (C=O) groups is 1. The Morgan fingerprint density at radius 1 is 1.09 bits per heavy atom. The Hall–Kier alpha value is -5.05. The molecule has 0 spiro atoms. The van der Waals surface area contributed by atoms with Gasteiger partial charge in [-0.05, 0) is 55.3 Å². The lowest BCUT2D eigenvalue weighted by Crippen LogP contribution is -2.26. The van der Waals surface area contributed by atoms with Crippen molar-refractivity contribution in [1.29, 1.82) is 0 Å². The predicted octanol–water partition coefficient (Wildman–Crippen LogP) is 5.73. The van der Waals surface area contributed by atoms with Gasteiger partial charge in [0, 0.05) is 23.5 Å². The van der Waals surface area contributed by atoms with E-state index in [4.69, 9.17) is 15.2 Å². The van der Waals surface area contributed by atoms with Gasteiger partial charge in [0.1, 0.15) is 29.6 Å². The van der Waals surface area contributed by atoms with Crippen molar-refractivity contribution in [1.82, 2.24) is 14.8 Å². The second-order valence-corrected chi connectivity index (χ2v) is 12.3. The minimum Gasteiger partial charge on any atom is -0.485 e. The van der Waals surface area contributed by atoms with Crippen LogP contribution in [0.25, 0.3) is 16.6 Å². The van der Waals surface area contributed by atoms with E-state index < -0.39 is 40.5 Å². The second kappa shape index (κ2) is 11.5. The topological polar surface area (TPSA) is 133 Å². The van der Waals surface area contributed by atoms with E-state index in [9.17, 15) is 26.4 Å². The number of fused-ring (bicyclic) bond motifs is 1. The van der Waals surface area contributed by atoms with E-state index in [-0.39, 0.29) is 58.0 Å². The molecule has 45 heavy (non-hydrogen) atoms. The highest BCUT2D eigenvalue weighted by molar-refractivity contribution is 7.93. The zero-order valence-electron chi connectivity index (χ0n) is 23.6. The molecule has 0 atom stereocenters. The number of H-pyrrole nitrogens is 1. The molecule has 0 unspecified atom stereocenters. The van der Waals surface area contributed by atoms with Crippen LogP contribution in [0.2, 0.25) is 0 Å². The number of nitrogens with two attached hydrogens (primary N) is 1. The summed E-state index contributed by atoms with van der Waals surface area (Å²) in [5, 5.41) is 4.52. The number of ketones is 1. The van der Waals surface area contributed by atoms with E-state index in [1.54, 1.807) is 13.0 Å². The van der Waals surface area contributed by atoms with Gasteiger partial charge in [-0.1, -0.05) is 12.1 Å². The number of nitrogens with zero attached hydrogens (tertiary/aromatic N) is 3. The summed E-state index contributed by atoms with van der Waals surface area (Å²) in [5.74, 6) is -2.42. The van der Waals surface area contributed by atoms with Crippen LogP contribution in [-0.4, -0.2) is 54.3 Å². The number of carbonyl (C=O) groups excluding carboxylic acids is 1. The van der Waals surface area contributed by atoms with Gasteiger partial charge >= 0.3 is 0 Å². The molecule has 3 N–H and O–H groups in total. The predicted molar refractivity (Wildman–Crippen MR) is 158 cm³/mol. The maximum atomic E-state index is 15.3. The Bertz CT molecular complexity index is 2040. The van der Waals surface area contributed by atoms with E-state index >= 15 is 4.39 Å². The number of aromatic amines is 1. The van der Waals surface area contributed by atoms with E-state index in [1.807, 2.05) is 0 Å². The fourth-order valence-electron chi connectivity index (χ4n) is 5.19. The number of sulfonamides is 1. The van der Waals surface area contributed by atoms with Crippen molar-refractivity contribution in [2.45, 2.75) is 19.8 Å².